The third kappa shape index (κ3) is 7.08. The van der Waals surface area contributed by atoms with Crippen molar-refractivity contribution < 1.29 is 8.42 Å². The summed E-state index contributed by atoms with van der Waals surface area (Å²) in [5.74, 6) is 2.27. The summed E-state index contributed by atoms with van der Waals surface area (Å²) in [7, 11) is -3.09. The van der Waals surface area contributed by atoms with E-state index in [0.717, 1.165) is 37.4 Å². The molecule has 0 aromatic heterocycles. The first-order valence-corrected chi connectivity index (χ1v) is 8.81. The van der Waals surface area contributed by atoms with Crippen LogP contribution in [0.3, 0.4) is 0 Å². The topological polar surface area (TPSA) is 58.2 Å². The summed E-state index contributed by atoms with van der Waals surface area (Å²) in [6.45, 7) is 6.02. The van der Waals surface area contributed by atoms with Gasteiger partial charge in [0, 0.05) is 18.1 Å². The average Bonchev–Trinajstić information content (AvgIpc) is 2.29. The summed E-state index contributed by atoms with van der Waals surface area (Å²) >= 11 is 1.69. The zero-order chi connectivity index (χ0) is 12.6. The van der Waals surface area contributed by atoms with Crippen LogP contribution in [0.2, 0.25) is 0 Å². The van der Waals surface area contributed by atoms with Crippen LogP contribution in [0.4, 0.5) is 0 Å². The molecule has 1 aliphatic rings. The highest BCUT2D eigenvalue weighted by Crippen LogP contribution is 2.13. The first kappa shape index (κ1) is 15.0. The number of sulfonamides is 1. The Hall–Kier alpha value is -0.0400. The minimum Gasteiger partial charge on any atom is -0.317 e. The van der Waals surface area contributed by atoms with Crippen molar-refractivity contribution in [1.29, 1.82) is 0 Å². The van der Waals surface area contributed by atoms with Gasteiger partial charge in [-0.25, -0.2) is 13.1 Å². The van der Waals surface area contributed by atoms with Crippen molar-refractivity contribution in [3.8, 4) is 0 Å². The minimum atomic E-state index is -3.09. The van der Waals surface area contributed by atoms with Gasteiger partial charge in [0.2, 0.25) is 10.0 Å². The lowest BCUT2D eigenvalue weighted by Crippen LogP contribution is -2.36. The van der Waals surface area contributed by atoms with E-state index in [4.69, 9.17) is 0 Å². The second kappa shape index (κ2) is 8.13. The average molecular weight is 278 g/mol. The lowest BCUT2D eigenvalue weighted by molar-refractivity contribution is 0.400. The first-order chi connectivity index (χ1) is 8.14. The molecule has 1 rings (SSSR count). The molecule has 0 bridgehead atoms. The van der Waals surface area contributed by atoms with Crippen LogP contribution in [0.1, 0.15) is 12.8 Å². The molecule has 17 heavy (non-hydrogen) atoms. The third-order valence-corrected chi connectivity index (χ3v) is 5.24. The van der Waals surface area contributed by atoms with E-state index in [1.54, 1.807) is 11.8 Å². The molecule has 1 fully saturated rings. The van der Waals surface area contributed by atoms with Crippen molar-refractivity contribution in [3.63, 3.8) is 0 Å². The normalized spacial score (nSPS) is 18.1. The molecule has 100 valence electrons. The van der Waals surface area contributed by atoms with Gasteiger partial charge in [0.1, 0.15) is 0 Å². The van der Waals surface area contributed by atoms with Gasteiger partial charge in [0.05, 0.1) is 5.75 Å². The molecule has 0 saturated carbocycles. The largest absolute Gasteiger partial charge is 0.317 e. The van der Waals surface area contributed by atoms with Crippen molar-refractivity contribution in [2.45, 2.75) is 12.8 Å². The molecule has 1 heterocycles. The molecular formula is C11H22N2O2S2. The molecule has 2 N–H and O–H groups in total. The van der Waals surface area contributed by atoms with E-state index < -0.39 is 10.0 Å². The predicted molar refractivity (Wildman–Crippen MR) is 74.9 cm³/mol. The van der Waals surface area contributed by atoms with Crippen LogP contribution >= 0.6 is 11.8 Å². The second-order valence-electron chi connectivity index (χ2n) is 4.23. The van der Waals surface area contributed by atoms with Gasteiger partial charge in [-0.05, 0) is 31.8 Å². The Balaban J connectivity index is 2.18. The van der Waals surface area contributed by atoms with Gasteiger partial charge < -0.3 is 5.32 Å². The fourth-order valence-corrected chi connectivity index (χ4v) is 4.05. The van der Waals surface area contributed by atoms with Gasteiger partial charge >= 0.3 is 0 Å². The Labute approximate surface area is 109 Å². The summed E-state index contributed by atoms with van der Waals surface area (Å²) in [6, 6.07) is 0. The van der Waals surface area contributed by atoms with E-state index in [9.17, 15) is 8.42 Å². The molecule has 0 amide bonds. The Morgan fingerprint density at radius 1 is 1.41 bits per heavy atom. The molecule has 0 atom stereocenters. The molecule has 0 aliphatic carbocycles. The van der Waals surface area contributed by atoms with E-state index in [0.29, 0.717) is 12.5 Å². The highest BCUT2D eigenvalue weighted by Gasteiger charge is 2.20. The standard InChI is InChI=1S/C11H22N2O2S2/c1-2-8-16-9-7-13-17(14,15)10-11-3-5-12-6-4-11/h2,11-13H,1,3-10H2. The highest BCUT2D eigenvalue weighted by atomic mass is 32.2. The number of nitrogens with one attached hydrogen (secondary N) is 2. The number of thioether (sulfide) groups is 1. The maximum absolute atomic E-state index is 11.8. The van der Waals surface area contributed by atoms with Crippen molar-refractivity contribution in [3.05, 3.63) is 12.7 Å². The number of hydrogen-bond donors (Lipinski definition) is 2. The molecule has 6 heteroatoms. The summed E-state index contributed by atoms with van der Waals surface area (Å²) in [5, 5.41) is 3.24. The van der Waals surface area contributed by atoms with Gasteiger partial charge in [-0.15, -0.1) is 6.58 Å². The Morgan fingerprint density at radius 3 is 2.76 bits per heavy atom. The molecule has 1 aliphatic heterocycles. The van der Waals surface area contributed by atoms with Crippen molar-refractivity contribution in [1.82, 2.24) is 10.0 Å². The third-order valence-electron chi connectivity index (χ3n) is 2.72. The molecule has 0 aromatic rings. The molecule has 0 unspecified atom stereocenters. The van der Waals surface area contributed by atoms with Crippen molar-refractivity contribution >= 4 is 21.8 Å². The SMILES string of the molecule is C=CCSCCNS(=O)(=O)CC1CCNCC1. The second-order valence-corrected chi connectivity index (χ2v) is 7.23. The van der Waals surface area contributed by atoms with E-state index >= 15 is 0 Å². The number of piperidine rings is 1. The van der Waals surface area contributed by atoms with E-state index in [-0.39, 0.29) is 5.75 Å². The lowest BCUT2D eigenvalue weighted by Gasteiger charge is -2.22. The quantitative estimate of drug-likeness (QED) is 0.510. The monoisotopic (exact) mass is 278 g/mol. The van der Waals surface area contributed by atoms with E-state index in [1.807, 2.05) is 6.08 Å². The maximum Gasteiger partial charge on any atom is 0.211 e. The van der Waals surface area contributed by atoms with Gasteiger partial charge in [0.25, 0.3) is 0 Å². The van der Waals surface area contributed by atoms with Gasteiger partial charge in [-0.2, -0.15) is 11.8 Å². The van der Waals surface area contributed by atoms with Crippen LogP contribution in [0.15, 0.2) is 12.7 Å². The van der Waals surface area contributed by atoms with Crippen LogP contribution in [-0.4, -0.2) is 45.3 Å². The predicted octanol–water partition coefficient (Wildman–Crippen LogP) is 0.825. The van der Waals surface area contributed by atoms with Gasteiger partial charge in [0.15, 0.2) is 0 Å². The maximum atomic E-state index is 11.8. The van der Waals surface area contributed by atoms with Crippen LogP contribution in [0.25, 0.3) is 0 Å². The molecular weight excluding hydrogens is 256 g/mol. The van der Waals surface area contributed by atoms with Crippen molar-refractivity contribution in [2.75, 3.05) is 36.9 Å². The fourth-order valence-electron chi connectivity index (χ4n) is 1.85. The Morgan fingerprint density at radius 2 is 2.12 bits per heavy atom. The van der Waals surface area contributed by atoms with Crippen LogP contribution < -0.4 is 10.0 Å². The van der Waals surface area contributed by atoms with E-state index in [2.05, 4.69) is 16.6 Å². The zero-order valence-corrected chi connectivity index (χ0v) is 11.8. The molecule has 1 saturated heterocycles. The summed E-state index contributed by atoms with van der Waals surface area (Å²) in [6.07, 6.45) is 3.76. The van der Waals surface area contributed by atoms with Crippen molar-refractivity contribution in [2.24, 2.45) is 5.92 Å². The fraction of sp³-hybridized carbons (Fsp3) is 0.818. The minimum absolute atomic E-state index is 0.279. The molecule has 0 radical (unpaired) electrons. The summed E-state index contributed by atoms with van der Waals surface area (Å²) < 4.78 is 26.2. The summed E-state index contributed by atoms with van der Waals surface area (Å²) in [5.41, 5.74) is 0. The van der Waals surface area contributed by atoms with Crippen LogP contribution in [-0.2, 0) is 10.0 Å². The van der Waals surface area contributed by atoms with Crippen LogP contribution in [0.5, 0.6) is 0 Å². The smallest absolute Gasteiger partial charge is 0.211 e. The number of rotatable bonds is 8. The molecule has 4 nitrogen and oxygen atoms in total. The molecule has 0 aromatic carbocycles. The summed E-state index contributed by atoms with van der Waals surface area (Å²) in [4.78, 5) is 0. The zero-order valence-electron chi connectivity index (χ0n) is 10.2. The van der Waals surface area contributed by atoms with Gasteiger partial charge in [-0.3, -0.25) is 0 Å². The highest BCUT2D eigenvalue weighted by molar-refractivity contribution is 7.99. The number of hydrogen-bond acceptors (Lipinski definition) is 4. The Bertz CT molecular complexity index is 311. The lowest BCUT2D eigenvalue weighted by atomic mass is 10.0. The van der Waals surface area contributed by atoms with Gasteiger partial charge in [-0.1, -0.05) is 6.08 Å². The molecule has 0 spiro atoms. The first-order valence-electron chi connectivity index (χ1n) is 6.01. The van der Waals surface area contributed by atoms with E-state index in [1.165, 1.54) is 0 Å². The Kier molecular flexibility index (Phi) is 7.18. The van der Waals surface area contributed by atoms with Crippen LogP contribution in [0, 0.1) is 5.92 Å².